The number of hydrogen-bond acceptors (Lipinski definition) is 3. The van der Waals surface area contributed by atoms with Gasteiger partial charge >= 0.3 is 0 Å². The first-order valence-electron chi connectivity index (χ1n) is 2.96. The molecule has 0 N–H and O–H groups in total. The average molecular weight is 158 g/mol. The zero-order valence-electron chi connectivity index (χ0n) is 6.13. The Morgan fingerprint density at radius 1 is 1.80 bits per heavy atom. The Kier molecular flexibility index (Phi) is 4.77. The third-order valence-electron chi connectivity index (χ3n) is 0.954. The van der Waals surface area contributed by atoms with Gasteiger partial charge in [0.1, 0.15) is 0 Å². The fraction of sp³-hybridized carbons (Fsp3) is 0.667. The summed E-state index contributed by atoms with van der Waals surface area (Å²) in [7, 11) is 1.47. The van der Waals surface area contributed by atoms with Crippen molar-refractivity contribution in [3.05, 3.63) is 0 Å². The van der Waals surface area contributed by atoms with Gasteiger partial charge < -0.3 is 0 Å². The van der Waals surface area contributed by atoms with Crippen LogP contribution >= 0.6 is 11.8 Å². The molecule has 0 saturated heterocycles. The van der Waals surface area contributed by atoms with Gasteiger partial charge in [0.15, 0.2) is 6.19 Å². The Morgan fingerprint density at radius 2 is 2.40 bits per heavy atom. The fourth-order valence-corrected chi connectivity index (χ4v) is 0.914. The molecule has 0 unspecified atom stereocenters. The molecule has 0 bridgehead atoms. The molecule has 0 radical (unpaired) electrons. The average Bonchev–Trinajstić information content (AvgIpc) is 1.98. The van der Waals surface area contributed by atoms with E-state index in [9.17, 15) is 4.79 Å². The Balaban J connectivity index is 3.54. The molecule has 0 heterocycles. The van der Waals surface area contributed by atoms with Crippen molar-refractivity contribution in [3.8, 4) is 6.19 Å². The second kappa shape index (κ2) is 5.12. The molecule has 0 atom stereocenters. The monoisotopic (exact) mass is 158 g/mol. The van der Waals surface area contributed by atoms with Gasteiger partial charge in [-0.25, -0.2) is 0 Å². The third-order valence-corrected chi connectivity index (χ3v) is 1.81. The molecule has 0 aromatic rings. The lowest BCUT2D eigenvalue weighted by Gasteiger charge is -2.04. The molecule has 1 amide bonds. The highest BCUT2D eigenvalue weighted by Crippen LogP contribution is 1.99. The van der Waals surface area contributed by atoms with Crippen molar-refractivity contribution in [1.82, 2.24) is 4.90 Å². The quantitative estimate of drug-likeness (QED) is 0.448. The van der Waals surface area contributed by atoms with E-state index in [0.717, 1.165) is 10.7 Å². The molecule has 3 nitrogen and oxygen atoms in total. The fourth-order valence-electron chi connectivity index (χ4n) is 0.342. The molecule has 0 aliphatic heterocycles. The molecule has 4 heteroatoms. The maximum absolute atomic E-state index is 10.8. The van der Waals surface area contributed by atoms with Crippen LogP contribution in [-0.2, 0) is 4.79 Å². The molecule has 56 valence electrons. The normalized spacial score (nSPS) is 8.50. The Morgan fingerprint density at radius 3 is 2.80 bits per heavy atom. The number of rotatable bonds is 3. The van der Waals surface area contributed by atoms with E-state index < -0.39 is 0 Å². The van der Waals surface area contributed by atoms with Crippen LogP contribution in [0.5, 0.6) is 0 Å². The van der Waals surface area contributed by atoms with E-state index in [0.29, 0.717) is 5.75 Å². The van der Waals surface area contributed by atoms with E-state index in [4.69, 9.17) is 5.26 Å². The Labute approximate surface area is 65.0 Å². The van der Waals surface area contributed by atoms with Crippen molar-refractivity contribution in [2.45, 2.75) is 6.92 Å². The van der Waals surface area contributed by atoms with Gasteiger partial charge in [-0.1, -0.05) is 6.92 Å². The molecular formula is C6H10N2OS. The maximum Gasteiger partial charge on any atom is 0.245 e. The number of carbonyl (C=O) groups is 1. The van der Waals surface area contributed by atoms with Crippen molar-refractivity contribution >= 4 is 17.7 Å². The van der Waals surface area contributed by atoms with E-state index in [1.807, 2.05) is 6.92 Å². The van der Waals surface area contributed by atoms with Gasteiger partial charge in [-0.2, -0.15) is 17.0 Å². The highest BCUT2D eigenvalue weighted by molar-refractivity contribution is 7.99. The molecule has 10 heavy (non-hydrogen) atoms. The molecule has 0 aromatic carbocycles. The van der Waals surface area contributed by atoms with Crippen LogP contribution < -0.4 is 0 Å². The number of hydrogen-bond donors (Lipinski definition) is 0. The van der Waals surface area contributed by atoms with Crippen molar-refractivity contribution in [2.24, 2.45) is 0 Å². The summed E-state index contributed by atoms with van der Waals surface area (Å²) in [6.07, 6.45) is 1.74. The van der Waals surface area contributed by atoms with Crippen LogP contribution in [0.3, 0.4) is 0 Å². The first kappa shape index (κ1) is 9.31. The first-order chi connectivity index (χ1) is 4.72. The Bertz CT molecular complexity index is 152. The predicted octanol–water partition coefficient (Wildman–Crippen LogP) is 0.679. The van der Waals surface area contributed by atoms with Crippen molar-refractivity contribution < 1.29 is 4.79 Å². The summed E-state index contributed by atoms with van der Waals surface area (Å²) in [6.45, 7) is 1.98. The number of nitriles is 1. The van der Waals surface area contributed by atoms with Gasteiger partial charge in [0.05, 0.1) is 5.75 Å². The van der Waals surface area contributed by atoms with Crippen molar-refractivity contribution in [1.29, 1.82) is 5.26 Å². The Hall–Kier alpha value is -0.690. The summed E-state index contributed by atoms with van der Waals surface area (Å²) in [5, 5.41) is 8.25. The minimum atomic E-state index is -0.130. The second-order valence-electron chi connectivity index (χ2n) is 1.69. The molecule has 0 saturated carbocycles. The van der Waals surface area contributed by atoms with Crippen LogP contribution in [0, 0.1) is 11.5 Å². The van der Waals surface area contributed by atoms with Crippen LogP contribution in [0.2, 0.25) is 0 Å². The zero-order valence-corrected chi connectivity index (χ0v) is 6.94. The third kappa shape index (κ3) is 3.36. The minimum absolute atomic E-state index is 0.130. The van der Waals surface area contributed by atoms with E-state index in [2.05, 4.69) is 0 Å². The summed E-state index contributed by atoms with van der Waals surface area (Å²) in [5.74, 6) is 1.18. The van der Waals surface area contributed by atoms with Crippen LogP contribution in [0.4, 0.5) is 0 Å². The summed E-state index contributed by atoms with van der Waals surface area (Å²) in [6, 6.07) is 0. The van der Waals surface area contributed by atoms with Crippen LogP contribution in [0.25, 0.3) is 0 Å². The van der Waals surface area contributed by atoms with Gasteiger partial charge in [0.25, 0.3) is 0 Å². The van der Waals surface area contributed by atoms with Gasteiger partial charge in [0.2, 0.25) is 5.91 Å². The van der Waals surface area contributed by atoms with Crippen LogP contribution in [0.15, 0.2) is 0 Å². The molecule has 0 aromatic heterocycles. The lowest BCUT2D eigenvalue weighted by Crippen LogP contribution is -2.23. The molecule has 0 aliphatic carbocycles. The lowest BCUT2D eigenvalue weighted by molar-refractivity contribution is -0.124. The van der Waals surface area contributed by atoms with Gasteiger partial charge in [0, 0.05) is 7.05 Å². The van der Waals surface area contributed by atoms with E-state index in [1.165, 1.54) is 18.8 Å². The highest BCUT2D eigenvalue weighted by Gasteiger charge is 2.05. The molecule has 0 spiro atoms. The van der Waals surface area contributed by atoms with Gasteiger partial charge in [-0.05, 0) is 5.75 Å². The van der Waals surface area contributed by atoms with Crippen molar-refractivity contribution in [2.75, 3.05) is 18.6 Å². The smallest absolute Gasteiger partial charge is 0.245 e. The molecule has 0 rings (SSSR count). The number of thioether (sulfide) groups is 1. The van der Waals surface area contributed by atoms with Crippen LogP contribution in [-0.4, -0.2) is 29.4 Å². The largest absolute Gasteiger partial charge is 0.273 e. The lowest BCUT2D eigenvalue weighted by atomic mass is 10.6. The number of nitrogens with zero attached hydrogens (tertiary/aromatic N) is 2. The molecular weight excluding hydrogens is 148 g/mol. The maximum atomic E-state index is 10.8. The van der Waals surface area contributed by atoms with E-state index >= 15 is 0 Å². The summed E-state index contributed by atoms with van der Waals surface area (Å²) >= 11 is 1.52. The predicted molar refractivity (Wildman–Crippen MR) is 41.4 cm³/mol. The summed E-state index contributed by atoms with van der Waals surface area (Å²) < 4.78 is 0. The van der Waals surface area contributed by atoms with Crippen molar-refractivity contribution in [3.63, 3.8) is 0 Å². The second-order valence-corrected chi connectivity index (χ2v) is 2.96. The van der Waals surface area contributed by atoms with Gasteiger partial charge in [-0.15, -0.1) is 0 Å². The standard InChI is InChI=1S/C6H10N2OS/c1-3-10-4-6(9)8(2)5-7/h3-4H2,1-2H3. The zero-order chi connectivity index (χ0) is 7.98. The highest BCUT2D eigenvalue weighted by atomic mass is 32.2. The molecule has 0 aliphatic rings. The first-order valence-corrected chi connectivity index (χ1v) is 4.11. The van der Waals surface area contributed by atoms with Crippen LogP contribution in [0.1, 0.15) is 6.92 Å². The van der Waals surface area contributed by atoms with E-state index in [-0.39, 0.29) is 5.91 Å². The number of carbonyl (C=O) groups excluding carboxylic acids is 1. The summed E-state index contributed by atoms with van der Waals surface area (Å²) in [4.78, 5) is 11.9. The minimum Gasteiger partial charge on any atom is -0.273 e. The SMILES string of the molecule is CCSCC(=O)N(C)C#N. The topological polar surface area (TPSA) is 44.1 Å². The van der Waals surface area contributed by atoms with Gasteiger partial charge in [-0.3, -0.25) is 9.69 Å². The van der Waals surface area contributed by atoms with E-state index in [1.54, 1.807) is 6.19 Å². The summed E-state index contributed by atoms with van der Waals surface area (Å²) in [5.41, 5.74) is 0. The number of amides is 1. The molecule has 0 fully saturated rings.